The van der Waals surface area contributed by atoms with Crippen LogP contribution in [-0.2, 0) is 10.0 Å². The second-order valence-corrected chi connectivity index (χ2v) is 6.74. The monoisotopic (exact) mass is 263 g/mol. The van der Waals surface area contributed by atoms with Crippen molar-refractivity contribution in [3.05, 3.63) is 15.8 Å². The summed E-state index contributed by atoms with van der Waals surface area (Å²) in [5.41, 5.74) is 0.790. The third kappa shape index (κ3) is 2.53. The third-order valence-electron chi connectivity index (χ3n) is 2.03. The number of aromatic carboxylic acids is 1. The maximum Gasteiger partial charge on any atom is 0.348 e. The number of anilines is 1. The molecule has 0 aromatic carbocycles. The van der Waals surface area contributed by atoms with Gasteiger partial charge in [-0.3, -0.25) is 4.72 Å². The number of hydrogen-bond acceptors (Lipinski definition) is 4. The Kier molecular flexibility index (Phi) is 3.59. The molecular weight excluding hydrogens is 250 g/mol. The van der Waals surface area contributed by atoms with Gasteiger partial charge in [0.2, 0.25) is 10.0 Å². The number of rotatable bonds is 4. The molecule has 0 amide bonds. The largest absolute Gasteiger partial charge is 0.477 e. The fourth-order valence-electron chi connectivity index (χ4n) is 0.989. The van der Waals surface area contributed by atoms with Crippen LogP contribution in [0.4, 0.5) is 5.69 Å². The van der Waals surface area contributed by atoms with Gasteiger partial charge in [-0.15, -0.1) is 11.3 Å². The van der Waals surface area contributed by atoms with Crippen LogP contribution in [-0.4, -0.2) is 24.7 Å². The molecular formula is C9H13NO4S2. The zero-order valence-electron chi connectivity index (χ0n) is 9.14. The Morgan fingerprint density at radius 2 is 2.06 bits per heavy atom. The number of hydrogen-bond donors (Lipinski definition) is 2. The Morgan fingerprint density at radius 3 is 2.50 bits per heavy atom. The minimum absolute atomic E-state index is 0.0155. The topological polar surface area (TPSA) is 83.5 Å². The molecule has 0 spiro atoms. The van der Waals surface area contributed by atoms with E-state index in [0.717, 1.165) is 11.3 Å². The Balaban J connectivity index is 3.16. The Bertz CT molecular complexity index is 502. The SMILES string of the molecule is Cc1csc(C(=O)O)c1NS(=O)(=O)C(C)C. The van der Waals surface area contributed by atoms with Gasteiger partial charge in [0, 0.05) is 0 Å². The second-order valence-electron chi connectivity index (χ2n) is 3.62. The fraction of sp³-hybridized carbons (Fsp3) is 0.444. The summed E-state index contributed by atoms with van der Waals surface area (Å²) in [5.74, 6) is -1.13. The summed E-state index contributed by atoms with van der Waals surface area (Å²) < 4.78 is 25.6. The van der Waals surface area contributed by atoms with Crippen molar-refractivity contribution in [3.63, 3.8) is 0 Å². The number of carboxylic acid groups (broad SMARTS) is 1. The normalized spacial score (nSPS) is 11.8. The lowest BCUT2D eigenvalue weighted by atomic mass is 10.3. The van der Waals surface area contributed by atoms with Gasteiger partial charge in [-0.1, -0.05) is 0 Å². The standard InChI is InChI=1S/C9H13NO4S2/c1-5(2)16(13,14)10-7-6(3)4-15-8(7)9(11)12/h4-5,10H,1-3H3,(H,11,12). The van der Waals surface area contributed by atoms with E-state index in [1.165, 1.54) is 13.8 Å². The maximum atomic E-state index is 11.6. The summed E-state index contributed by atoms with van der Waals surface area (Å²) in [6, 6.07) is 0. The summed E-state index contributed by atoms with van der Waals surface area (Å²) in [4.78, 5) is 10.9. The first-order valence-electron chi connectivity index (χ1n) is 4.58. The molecule has 0 saturated heterocycles. The van der Waals surface area contributed by atoms with Crippen LogP contribution in [0.1, 0.15) is 29.1 Å². The van der Waals surface area contributed by atoms with Gasteiger partial charge in [-0.25, -0.2) is 13.2 Å². The van der Waals surface area contributed by atoms with E-state index in [2.05, 4.69) is 4.72 Å². The van der Waals surface area contributed by atoms with Gasteiger partial charge < -0.3 is 5.11 Å². The van der Waals surface area contributed by atoms with Crippen LogP contribution in [0.2, 0.25) is 0 Å². The zero-order chi connectivity index (χ0) is 12.5. The van der Waals surface area contributed by atoms with Crippen molar-refractivity contribution in [3.8, 4) is 0 Å². The molecule has 0 radical (unpaired) electrons. The van der Waals surface area contributed by atoms with E-state index in [9.17, 15) is 13.2 Å². The highest BCUT2D eigenvalue weighted by Crippen LogP contribution is 2.28. The smallest absolute Gasteiger partial charge is 0.348 e. The van der Waals surface area contributed by atoms with E-state index in [-0.39, 0.29) is 10.6 Å². The molecule has 0 aliphatic heterocycles. The van der Waals surface area contributed by atoms with Gasteiger partial charge in [0.1, 0.15) is 4.88 Å². The highest BCUT2D eigenvalue weighted by atomic mass is 32.2. The first-order valence-corrected chi connectivity index (χ1v) is 7.01. The van der Waals surface area contributed by atoms with E-state index >= 15 is 0 Å². The van der Waals surface area contributed by atoms with Gasteiger partial charge in [0.15, 0.2) is 0 Å². The van der Waals surface area contributed by atoms with Crippen LogP contribution >= 0.6 is 11.3 Å². The third-order valence-corrected chi connectivity index (χ3v) is 4.85. The number of aryl methyl sites for hydroxylation is 1. The van der Waals surface area contributed by atoms with Crippen LogP contribution in [0.25, 0.3) is 0 Å². The van der Waals surface area contributed by atoms with E-state index in [4.69, 9.17) is 5.11 Å². The fourth-order valence-corrected chi connectivity index (χ4v) is 2.68. The Labute approximate surface area is 98.2 Å². The predicted molar refractivity (Wildman–Crippen MR) is 63.7 cm³/mol. The molecule has 7 heteroatoms. The van der Waals surface area contributed by atoms with E-state index in [1.54, 1.807) is 12.3 Å². The second kappa shape index (κ2) is 4.42. The van der Waals surface area contributed by atoms with Gasteiger partial charge in [0.25, 0.3) is 0 Å². The van der Waals surface area contributed by atoms with E-state index in [1.807, 2.05) is 0 Å². The molecule has 90 valence electrons. The molecule has 0 aliphatic rings. The minimum atomic E-state index is -3.51. The molecule has 0 saturated carbocycles. The number of sulfonamides is 1. The first kappa shape index (κ1) is 13.0. The van der Waals surface area contributed by atoms with Crippen LogP contribution in [0.3, 0.4) is 0 Å². The predicted octanol–water partition coefficient (Wildman–Crippen LogP) is 1.90. The summed E-state index contributed by atoms with van der Waals surface area (Å²) >= 11 is 1.01. The van der Waals surface area contributed by atoms with Crippen molar-refractivity contribution in [1.82, 2.24) is 0 Å². The molecule has 0 fully saturated rings. The lowest BCUT2D eigenvalue weighted by molar-refractivity contribution is 0.0703. The number of thiophene rings is 1. The van der Waals surface area contributed by atoms with Crippen LogP contribution < -0.4 is 4.72 Å². The quantitative estimate of drug-likeness (QED) is 0.869. The molecule has 2 N–H and O–H groups in total. The number of carboxylic acids is 1. The summed E-state index contributed by atoms with van der Waals surface area (Å²) in [6.45, 7) is 4.73. The summed E-state index contributed by atoms with van der Waals surface area (Å²) in [5, 5.41) is 9.90. The molecule has 0 bridgehead atoms. The molecule has 0 aliphatic carbocycles. The van der Waals surface area contributed by atoms with Crippen molar-refractivity contribution >= 4 is 33.0 Å². The highest BCUT2D eigenvalue weighted by Gasteiger charge is 2.22. The van der Waals surface area contributed by atoms with Gasteiger partial charge in [-0.05, 0) is 31.7 Å². The molecule has 0 atom stereocenters. The Morgan fingerprint density at radius 1 is 1.50 bits per heavy atom. The van der Waals surface area contributed by atoms with Crippen LogP contribution in [0.5, 0.6) is 0 Å². The molecule has 0 unspecified atom stereocenters. The van der Waals surface area contributed by atoms with Crippen molar-refractivity contribution < 1.29 is 18.3 Å². The van der Waals surface area contributed by atoms with Gasteiger partial charge >= 0.3 is 5.97 Å². The molecule has 1 aromatic rings. The number of carbonyl (C=O) groups is 1. The van der Waals surface area contributed by atoms with Gasteiger partial charge in [0.05, 0.1) is 10.9 Å². The van der Waals surface area contributed by atoms with E-state index < -0.39 is 21.2 Å². The van der Waals surface area contributed by atoms with Crippen molar-refractivity contribution in [1.29, 1.82) is 0 Å². The van der Waals surface area contributed by atoms with Crippen LogP contribution in [0.15, 0.2) is 5.38 Å². The average molecular weight is 263 g/mol. The maximum absolute atomic E-state index is 11.6. The summed E-state index contributed by atoms with van der Waals surface area (Å²) in [7, 11) is -3.51. The highest BCUT2D eigenvalue weighted by molar-refractivity contribution is 7.93. The van der Waals surface area contributed by atoms with Crippen molar-refractivity contribution in [2.75, 3.05) is 4.72 Å². The molecule has 16 heavy (non-hydrogen) atoms. The molecule has 1 aromatic heterocycles. The van der Waals surface area contributed by atoms with Crippen molar-refractivity contribution in [2.24, 2.45) is 0 Å². The van der Waals surface area contributed by atoms with E-state index in [0.29, 0.717) is 5.56 Å². The van der Waals surface area contributed by atoms with Gasteiger partial charge in [-0.2, -0.15) is 0 Å². The Hall–Kier alpha value is -1.08. The van der Waals surface area contributed by atoms with Crippen molar-refractivity contribution in [2.45, 2.75) is 26.0 Å². The average Bonchev–Trinajstić information content (AvgIpc) is 2.47. The molecule has 5 nitrogen and oxygen atoms in total. The first-order chi connectivity index (χ1) is 7.25. The van der Waals surface area contributed by atoms with Crippen LogP contribution in [0, 0.1) is 6.92 Å². The molecule has 1 heterocycles. The number of nitrogens with one attached hydrogen (secondary N) is 1. The molecule has 1 rings (SSSR count). The minimum Gasteiger partial charge on any atom is -0.477 e. The summed E-state index contributed by atoms with van der Waals surface area (Å²) in [6.07, 6.45) is 0. The zero-order valence-corrected chi connectivity index (χ0v) is 10.8. The lowest BCUT2D eigenvalue weighted by Gasteiger charge is -2.11. The lowest BCUT2D eigenvalue weighted by Crippen LogP contribution is -2.23.